The van der Waals surface area contributed by atoms with Gasteiger partial charge in [0.05, 0.1) is 12.9 Å². The molecule has 2 aliphatic heterocycles. The van der Waals surface area contributed by atoms with Crippen LogP contribution >= 0.6 is 0 Å². The number of rotatable bonds is 5. The number of halogens is 8. The third-order valence-electron chi connectivity index (χ3n) is 5.26. The first-order valence-electron chi connectivity index (χ1n) is 9.85. The number of hydrogen-bond donors (Lipinski definition) is 4. The van der Waals surface area contributed by atoms with Crippen LogP contribution in [-0.2, 0) is 9.53 Å². The van der Waals surface area contributed by atoms with Crippen LogP contribution in [0.4, 0.5) is 40.9 Å². The minimum Gasteiger partial charge on any atom is -0.456 e. The Bertz CT molecular complexity index is 1230. The van der Waals surface area contributed by atoms with Gasteiger partial charge in [0.25, 0.3) is 0 Å². The van der Waals surface area contributed by atoms with Crippen molar-refractivity contribution in [3.05, 3.63) is 41.1 Å². The van der Waals surface area contributed by atoms with Crippen molar-refractivity contribution in [2.45, 2.75) is 36.9 Å². The van der Waals surface area contributed by atoms with Gasteiger partial charge in [-0.1, -0.05) is 0 Å². The first kappa shape index (κ1) is 26.5. The van der Waals surface area contributed by atoms with Gasteiger partial charge in [-0.2, -0.15) is 22.0 Å². The van der Waals surface area contributed by atoms with E-state index < -0.39 is 95.8 Å². The maximum Gasteiger partial charge on any atom is 0.472 e. The minimum absolute atomic E-state index is 0.0881. The Labute approximate surface area is 199 Å². The Morgan fingerprint density at radius 1 is 1.05 bits per heavy atom. The average molecular weight is 547 g/mol. The molecule has 1 saturated heterocycles. The maximum atomic E-state index is 14.2. The number of aliphatic imine (C=N–C) groups is 1. The molecule has 0 bridgehead atoms. The number of aliphatic hydroxyl groups is 3. The van der Waals surface area contributed by atoms with Gasteiger partial charge >= 0.3 is 12.1 Å². The van der Waals surface area contributed by atoms with E-state index >= 15 is 0 Å². The van der Waals surface area contributed by atoms with Crippen LogP contribution in [0.5, 0.6) is 5.75 Å². The zero-order valence-corrected chi connectivity index (χ0v) is 17.6. The van der Waals surface area contributed by atoms with Crippen molar-refractivity contribution in [2.75, 3.05) is 6.61 Å². The zero-order chi connectivity index (χ0) is 27.4. The number of nitrogens with zero attached hydrogens (tertiary/aromatic N) is 4. The molecule has 0 aliphatic carbocycles. The Kier molecular flexibility index (Phi) is 6.73. The summed E-state index contributed by atoms with van der Waals surface area (Å²) < 4.78 is 119. The topological polar surface area (TPSA) is 142 Å². The molecule has 3 heterocycles. The number of alkyl halides is 3. The standard InChI is InChI=1S/C18H13F8N5O6/c19-5-6(20)8(22)13(9(23)7(5)21)37-15-10-14(28-3-31(15)29-17(35)18(24,25)26)30(2-27-10)16-12(34)11(33)4(1-32)36-16/h2-4,11-12,15-16,32-34H,1H2,(H,29,35)/t4-,11-,12-,15?,16-/m1/s1. The maximum absolute atomic E-state index is 14.2. The first-order valence-corrected chi connectivity index (χ1v) is 9.85. The third kappa shape index (κ3) is 4.43. The van der Waals surface area contributed by atoms with E-state index in [0.29, 0.717) is 6.34 Å². The highest BCUT2D eigenvalue weighted by Gasteiger charge is 2.47. The minimum atomic E-state index is -5.49. The zero-order valence-electron chi connectivity index (χ0n) is 17.6. The number of aliphatic hydroxyl groups excluding tert-OH is 3. The molecule has 1 fully saturated rings. The van der Waals surface area contributed by atoms with Gasteiger partial charge in [0, 0.05) is 0 Å². The molecule has 1 aromatic heterocycles. The highest BCUT2D eigenvalue weighted by atomic mass is 19.4. The van der Waals surface area contributed by atoms with Crippen LogP contribution in [0, 0.1) is 29.1 Å². The predicted octanol–water partition coefficient (Wildman–Crippen LogP) is 0.837. The van der Waals surface area contributed by atoms with Crippen LogP contribution in [0.2, 0.25) is 0 Å². The number of nitrogens with one attached hydrogen (secondary N) is 1. The second kappa shape index (κ2) is 9.39. The summed E-state index contributed by atoms with van der Waals surface area (Å²) in [6.07, 6.45) is -12.6. The second-order valence-electron chi connectivity index (χ2n) is 7.55. The summed E-state index contributed by atoms with van der Waals surface area (Å²) in [5.41, 5.74) is 0.599. The van der Waals surface area contributed by atoms with Gasteiger partial charge in [-0.05, 0) is 0 Å². The molecule has 1 aromatic carbocycles. The van der Waals surface area contributed by atoms with E-state index in [4.69, 9.17) is 9.47 Å². The number of aromatic nitrogens is 2. The number of carbonyl (C=O) groups is 1. The Morgan fingerprint density at radius 2 is 1.65 bits per heavy atom. The smallest absolute Gasteiger partial charge is 0.456 e. The largest absolute Gasteiger partial charge is 0.472 e. The molecule has 19 heteroatoms. The van der Waals surface area contributed by atoms with Crippen LogP contribution in [0.1, 0.15) is 18.1 Å². The van der Waals surface area contributed by atoms with E-state index in [0.717, 1.165) is 10.9 Å². The lowest BCUT2D eigenvalue weighted by Gasteiger charge is -2.32. The summed E-state index contributed by atoms with van der Waals surface area (Å²) in [7, 11) is 0. The van der Waals surface area contributed by atoms with Crippen molar-refractivity contribution >= 4 is 18.1 Å². The van der Waals surface area contributed by atoms with Crippen molar-refractivity contribution in [1.29, 1.82) is 0 Å². The van der Waals surface area contributed by atoms with Crippen LogP contribution in [0.3, 0.4) is 0 Å². The molecule has 11 nitrogen and oxygen atoms in total. The Hall–Kier alpha value is -3.55. The van der Waals surface area contributed by atoms with Gasteiger partial charge in [-0.25, -0.2) is 28.2 Å². The Morgan fingerprint density at radius 3 is 2.19 bits per heavy atom. The SMILES string of the molecule is O=C(NN1C=Nc2c(ncn2[C@@H]2O[C@H](CO)[C@@H](O)[C@H]2O)C1Oc1c(F)c(F)c(F)c(F)c1F)C(F)(F)F. The normalized spacial score (nSPS) is 25.4. The summed E-state index contributed by atoms with van der Waals surface area (Å²) in [6.45, 7) is -0.738. The van der Waals surface area contributed by atoms with Crippen LogP contribution < -0.4 is 10.2 Å². The van der Waals surface area contributed by atoms with E-state index in [9.17, 15) is 55.2 Å². The highest BCUT2D eigenvalue weighted by molar-refractivity contribution is 5.83. The summed E-state index contributed by atoms with van der Waals surface area (Å²) in [5.74, 6) is -17.4. The van der Waals surface area contributed by atoms with E-state index in [2.05, 4.69) is 9.98 Å². The quantitative estimate of drug-likeness (QED) is 0.245. The lowest BCUT2D eigenvalue weighted by atomic mass is 10.1. The third-order valence-corrected chi connectivity index (χ3v) is 5.26. The number of hydrazine groups is 1. The Balaban J connectivity index is 1.78. The summed E-state index contributed by atoms with van der Waals surface area (Å²) >= 11 is 0. The first-order chi connectivity index (χ1) is 17.3. The number of carbonyl (C=O) groups excluding carboxylic acids is 1. The molecule has 37 heavy (non-hydrogen) atoms. The summed E-state index contributed by atoms with van der Waals surface area (Å²) in [4.78, 5) is 18.9. The molecule has 202 valence electrons. The molecule has 1 unspecified atom stereocenters. The molecular weight excluding hydrogens is 534 g/mol. The molecule has 5 atom stereocenters. The van der Waals surface area contributed by atoms with Gasteiger partial charge in [-0.15, -0.1) is 0 Å². The van der Waals surface area contributed by atoms with Gasteiger partial charge in [0.2, 0.25) is 35.3 Å². The van der Waals surface area contributed by atoms with E-state index in [1.165, 1.54) is 5.43 Å². The van der Waals surface area contributed by atoms with Crippen molar-refractivity contribution in [3.8, 4) is 5.75 Å². The van der Waals surface area contributed by atoms with Crippen molar-refractivity contribution < 1.29 is 64.7 Å². The fraction of sp³-hybridized carbons (Fsp3) is 0.389. The monoisotopic (exact) mass is 547 g/mol. The summed E-state index contributed by atoms with van der Waals surface area (Å²) in [5, 5.41) is 29.5. The predicted molar refractivity (Wildman–Crippen MR) is 99.0 cm³/mol. The molecule has 4 N–H and O–H groups in total. The number of hydrogen-bond acceptors (Lipinski definition) is 9. The lowest BCUT2D eigenvalue weighted by molar-refractivity contribution is -0.179. The van der Waals surface area contributed by atoms with Crippen LogP contribution in [0.25, 0.3) is 0 Å². The molecular formula is C18H13F8N5O6. The number of ether oxygens (including phenoxy) is 2. The average Bonchev–Trinajstić information content (AvgIpc) is 3.40. The molecule has 0 radical (unpaired) electrons. The fourth-order valence-electron chi connectivity index (χ4n) is 3.46. The number of fused-ring (bicyclic) bond motifs is 1. The molecule has 0 spiro atoms. The fourth-order valence-corrected chi connectivity index (χ4v) is 3.46. The van der Waals surface area contributed by atoms with Gasteiger partial charge in [0.1, 0.15) is 30.3 Å². The van der Waals surface area contributed by atoms with E-state index in [1.807, 2.05) is 0 Å². The van der Waals surface area contributed by atoms with E-state index in [-0.39, 0.29) is 5.01 Å². The number of benzene rings is 1. The second-order valence-corrected chi connectivity index (χ2v) is 7.55. The number of imidazole rings is 1. The van der Waals surface area contributed by atoms with Crippen LogP contribution in [0.15, 0.2) is 11.3 Å². The summed E-state index contributed by atoms with van der Waals surface area (Å²) in [6, 6.07) is 0. The molecule has 2 aliphatic rings. The van der Waals surface area contributed by atoms with E-state index in [1.54, 1.807) is 0 Å². The van der Waals surface area contributed by atoms with Gasteiger partial charge < -0.3 is 24.8 Å². The molecule has 0 saturated carbocycles. The lowest BCUT2D eigenvalue weighted by Crippen LogP contribution is -2.51. The number of amides is 1. The van der Waals surface area contributed by atoms with Gasteiger partial charge in [-0.3, -0.25) is 14.8 Å². The molecule has 1 amide bonds. The highest BCUT2D eigenvalue weighted by Crippen LogP contribution is 2.40. The van der Waals surface area contributed by atoms with Gasteiger partial charge in [0.15, 0.2) is 17.8 Å². The van der Waals surface area contributed by atoms with Crippen molar-refractivity contribution in [1.82, 2.24) is 20.0 Å². The van der Waals surface area contributed by atoms with Crippen molar-refractivity contribution in [3.63, 3.8) is 0 Å². The van der Waals surface area contributed by atoms with Crippen LogP contribution in [-0.4, -0.2) is 73.2 Å². The molecule has 2 aromatic rings. The molecule has 4 rings (SSSR count). The van der Waals surface area contributed by atoms with Crippen molar-refractivity contribution in [2.24, 2.45) is 4.99 Å².